The van der Waals surface area contributed by atoms with E-state index in [4.69, 9.17) is 4.74 Å². The van der Waals surface area contributed by atoms with Gasteiger partial charge in [0.1, 0.15) is 18.4 Å². The maximum absolute atomic E-state index is 12.8. The van der Waals surface area contributed by atoms with Crippen molar-refractivity contribution >= 4 is 17.7 Å². The molecule has 5 rings (SSSR count). The molecular weight excluding hydrogens is 370 g/mol. The molecule has 0 radical (unpaired) electrons. The zero-order valence-electron chi connectivity index (χ0n) is 16.7. The Hall–Kier alpha value is -2.41. The van der Waals surface area contributed by atoms with Gasteiger partial charge >= 0.3 is 0 Å². The molecule has 4 atom stereocenters. The molecule has 7 nitrogen and oxygen atoms in total. The third-order valence-electron chi connectivity index (χ3n) is 7.17. The van der Waals surface area contributed by atoms with E-state index in [9.17, 15) is 14.4 Å². The van der Waals surface area contributed by atoms with E-state index in [2.05, 4.69) is 17.1 Å². The van der Waals surface area contributed by atoms with Crippen molar-refractivity contribution in [3.63, 3.8) is 0 Å². The highest BCUT2D eigenvalue weighted by Crippen LogP contribution is 2.42. The predicted molar refractivity (Wildman–Crippen MR) is 105 cm³/mol. The molecule has 3 amide bonds. The van der Waals surface area contributed by atoms with E-state index in [1.54, 1.807) is 11.0 Å². The van der Waals surface area contributed by atoms with E-state index in [0.29, 0.717) is 31.2 Å². The Kier molecular flexibility index (Phi) is 4.57. The van der Waals surface area contributed by atoms with Crippen molar-refractivity contribution in [2.24, 2.45) is 5.92 Å². The van der Waals surface area contributed by atoms with Crippen LogP contribution in [0.2, 0.25) is 0 Å². The molecule has 2 saturated heterocycles. The van der Waals surface area contributed by atoms with Gasteiger partial charge in [0, 0.05) is 30.6 Å². The van der Waals surface area contributed by atoms with Crippen molar-refractivity contribution in [3.05, 3.63) is 29.3 Å². The van der Waals surface area contributed by atoms with Crippen LogP contribution in [-0.4, -0.2) is 58.8 Å². The minimum Gasteiger partial charge on any atom is -0.492 e. The van der Waals surface area contributed by atoms with E-state index in [0.717, 1.165) is 29.8 Å². The van der Waals surface area contributed by atoms with Crippen LogP contribution >= 0.6 is 0 Å². The highest BCUT2D eigenvalue weighted by molar-refractivity contribution is 6.05. The van der Waals surface area contributed by atoms with E-state index in [1.165, 1.54) is 19.3 Å². The van der Waals surface area contributed by atoms with Crippen LogP contribution < -0.4 is 10.1 Å². The number of imide groups is 1. The fourth-order valence-electron chi connectivity index (χ4n) is 5.73. The number of nitrogens with one attached hydrogen (secondary N) is 1. The Morgan fingerprint density at radius 3 is 2.83 bits per heavy atom. The standard InChI is InChI=1S/C22H27N3O4/c1-2-24-15-4-3-13(9-15)19(24)12-29-16-5-6-17-14(10-16)11-25(22(17)28)18-7-8-20(26)23-21(18)27/h5-6,10,13,15,18-19H,2-4,7-9,11-12H2,1H3,(H,23,26,27). The second-order valence-electron chi connectivity index (χ2n) is 8.65. The van der Waals surface area contributed by atoms with Crippen LogP contribution in [0.1, 0.15) is 54.9 Å². The molecule has 4 aliphatic rings. The molecule has 29 heavy (non-hydrogen) atoms. The van der Waals surface area contributed by atoms with Crippen molar-refractivity contribution in [1.82, 2.24) is 15.1 Å². The third kappa shape index (κ3) is 3.12. The highest BCUT2D eigenvalue weighted by atomic mass is 16.5. The molecule has 1 saturated carbocycles. The fraction of sp³-hybridized carbons (Fsp3) is 0.591. The second-order valence-corrected chi connectivity index (χ2v) is 8.65. The molecule has 4 unspecified atom stereocenters. The first kappa shape index (κ1) is 18.6. The van der Waals surface area contributed by atoms with Gasteiger partial charge in [-0.2, -0.15) is 0 Å². The second kappa shape index (κ2) is 7.13. The number of hydrogen-bond acceptors (Lipinski definition) is 5. The van der Waals surface area contributed by atoms with Gasteiger partial charge in [-0.05, 0) is 61.9 Å². The van der Waals surface area contributed by atoms with Crippen molar-refractivity contribution in [1.29, 1.82) is 0 Å². The van der Waals surface area contributed by atoms with Crippen LogP contribution in [0.25, 0.3) is 0 Å². The molecule has 1 aromatic carbocycles. The Morgan fingerprint density at radius 2 is 2.03 bits per heavy atom. The van der Waals surface area contributed by atoms with Crippen LogP contribution in [0, 0.1) is 5.92 Å². The summed E-state index contributed by atoms with van der Waals surface area (Å²) in [4.78, 5) is 40.5. The summed E-state index contributed by atoms with van der Waals surface area (Å²) in [5.74, 6) is 0.716. The first-order valence-corrected chi connectivity index (χ1v) is 10.7. The molecular formula is C22H27N3O4. The number of fused-ring (bicyclic) bond motifs is 3. The van der Waals surface area contributed by atoms with Crippen molar-refractivity contribution in [3.8, 4) is 5.75 Å². The Labute approximate surface area is 170 Å². The van der Waals surface area contributed by atoms with Crippen LogP contribution in [0.4, 0.5) is 0 Å². The number of nitrogens with zero attached hydrogens (tertiary/aromatic N) is 2. The van der Waals surface area contributed by atoms with Crippen LogP contribution in [-0.2, 0) is 16.1 Å². The lowest BCUT2D eigenvalue weighted by Crippen LogP contribution is -2.52. The molecule has 0 spiro atoms. The van der Waals surface area contributed by atoms with Crippen molar-refractivity contribution in [2.75, 3.05) is 13.2 Å². The van der Waals surface area contributed by atoms with Gasteiger partial charge in [-0.1, -0.05) is 6.92 Å². The molecule has 3 heterocycles. The summed E-state index contributed by atoms with van der Waals surface area (Å²) < 4.78 is 6.16. The van der Waals surface area contributed by atoms with E-state index in [-0.39, 0.29) is 24.1 Å². The summed E-state index contributed by atoms with van der Waals surface area (Å²) in [6, 6.07) is 6.21. The van der Waals surface area contributed by atoms with Crippen molar-refractivity contribution in [2.45, 2.75) is 63.7 Å². The van der Waals surface area contributed by atoms with Gasteiger partial charge in [0.05, 0.1) is 0 Å². The number of rotatable bonds is 5. The molecule has 154 valence electrons. The maximum Gasteiger partial charge on any atom is 0.255 e. The highest BCUT2D eigenvalue weighted by Gasteiger charge is 2.45. The minimum absolute atomic E-state index is 0.147. The Morgan fingerprint density at radius 1 is 1.17 bits per heavy atom. The summed E-state index contributed by atoms with van der Waals surface area (Å²) >= 11 is 0. The van der Waals surface area contributed by atoms with E-state index in [1.807, 2.05) is 12.1 Å². The molecule has 3 fully saturated rings. The van der Waals surface area contributed by atoms with E-state index >= 15 is 0 Å². The molecule has 1 N–H and O–H groups in total. The molecule has 0 aromatic heterocycles. The lowest BCUT2D eigenvalue weighted by molar-refractivity contribution is -0.136. The summed E-state index contributed by atoms with van der Waals surface area (Å²) in [7, 11) is 0. The van der Waals surface area contributed by atoms with Crippen LogP contribution in [0.3, 0.4) is 0 Å². The van der Waals surface area contributed by atoms with Crippen LogP contribution in [0.5, 0.6) is 5.75 Å². The zero-order valence-corrected chi connectivity index (χ0v) is 16.7. The average Bonchev–Trinajstić information content (AvgIpc) is 3.40. The van der Waals surface area contributed by atoms with Gasteiger partial charge < -0.3 is 9.64 Å². The monoisotopic (exact) mass is 397 g/mol. The number of benzene rings is 1. The molecule has 2 bridgehead atoms. The first-order chi connectivity index (χ1) is 14.0. The Bertz CT molecular complexity index is 870. The maximum atomic E-state index is 12.8. The molecule has 1 aromatic rings. The molecule has 3 aliphatic heterocycles. The lowest BCUT2D eigenvalue weighted by Gasteiger charge is -2.34. The Balaban J connectivity index is 1.26. The van der Waals surface area contributed by atoms with Gasteiger partial charge in [-0.3, -0.25) is 24.6 Å². The molecule has 1 aliphatic carbocycles. The van der Waals surface area contributed by atoms with Crippen molar-refractivity contribution < 1.29 is 19.1 Å². The first-order valence-electron chi connectivity index (χ1n) is 10.7. The SMILES string of the molecule is CCN1C2CCC(C2)C1COc1ccc2c(c1)CN(C1CCC(=O)NC1=O)C2=O. The number of likely N-dealkylation sites (N-methyl/N-ethyl adjacent to an activating group) is 1. The predicted octanol–water partition coefficient (Wildman–Crippen LogP) is 1.70. The van der Waals surface area contributed by atoms with E-state index < -0.39 is 6.04 Å². The van der Waals surface area contributed by atoms with Gasteiger partial charge in [0.2, 0.25) is 11.8 Å². The third-order valence-corrected chi connectivity index (χ3v) is 7.17. The zero-order chi connectivity index (χ0) is 20.1. The number of likely N-dealkylation sites (tertiary alicyclic amines) is 1. The average molecular weight is 397 g/mol. The number of hydrogen-bond donors (Lipinski definition) is 1. The van der Waals surface area contributed by atoms with Gasteiger partial charge in [-0.15, -0.1) is 0 Å². The largest absolute Gasteiger partial charge is 0.492 e. The summed E-state index contributed by atoms with van der Waals surface area (Å²) in [5, 5.41) is 2.34. The number of ether oxygens (including phenoxy) is 1. The summed E-state index contributed by atoms with van der Waals surface area (Å²) in [6.45, 7) is 4.35. The smallest absolute Gasteiger partial charge is 0.255 e. The number of amides is 3. The van der Waals surface area contributed by atoms with Gasteiger partial charge in [0.15, 0.2) is 0 Å². The quantitative estimate of drug-likeness (QED) is 0.765. The minimum atomic E-state index is -0.580. The number of carbonyl (C=O) groups is 3. The summed E-state index contributed by atoms with van der Waals surface area (Å²) in [6.07, 6.45) is 4.55. The fourth-order valence-corrected chi connectivity index (χ4v) is 5.73. The van der Waals surface area contributed by atoms with Crippen LogP contribution in [0.15, 0.2) is 18.2 Å². The number of carbonyl (C=O) groups excluding carboxylic acids is 3. The normalized spacial score (nSPS) is 31.3. The van der Waals surface area contributed by atoms with Gasteiger partial charge in [0.25, 0.3) is 5.91 Å². The topological polar surface area (TPSA) is 79.0 Å². The van der Waals surface area contributed by atoms with Gasteiger partial charge in [-0.25, -0.2) is 0 Å². The summed E-state index contributed by atoms with van der Waals surface area (Å²) in [5.41, 5.74) is 1.51. The molecule has 7 heteroatoms. The number of piperidine rings is 2. The lowest BCUT2D eigenvalue weighted by atomic mass is 9.99.